The molecule has 5 nitrogen and oxygen atoms in total. The fourth-order valence-corrected chi connectivity index (χ4v) is 1.28. The van der Waals surface area contributed by atoms with Crippen molar-refractivity contribution in [2.45, 2.75) is 30.7 Å². The van der Waals surface area contributed by atoms with Crippen molar-refractivity contribution < 1.29 is 24.1 Å². The normalized spacial score (nSPS) is 46.4. The summed E-state index contributed by atoms with van der Waals surface area (Å²) in [4.78, 5) is 0. The van der Waals surface area contributed by atoms with E-state index in [9.17, 15) is 9.50 Å². The van der Waals surface area contributed by atoms with Crippen molar-refractivity contribution in [3.05, 3.63) is 0 Å². The van der Waals surface area contributed by atoms with Gasteiger partial charge in [0.25, 0.3) is 0 Å². The highest BCUT2D eigenvalue weighted by Crippen LogP contribution is 2.22. The second-order valence-electron chi connectivity index (χ2n) is 2.97. The zero-order chi connectivity index (χ0) is 10.0. The van der Waals surface area contributed by atoms with Gasteiger partial charge in [-0.25, -0.2) is 4.39 Å². The van der Waals surface area contributed by atoms with E-state index < -0.39 is 37.3 Å². The van der Waals surface area contributed by atoms with Crippen LogP contribution in [0.4, 0.5) is 4.39 Å². The van der Waals surface area contributed by atoms with Crippen LogP contribution in [-0.2, 0) is 9.47 Å². The van der Waals surface area contributed by atoms with Gasteiger partial charge in [-0.1, -0.05) is 0 Å². The number of hydrogen-bond acceptors (Lipinski definition) is 5. The maximum atomic E-state index is 13.2. The summed E-state index contributed by atoms with van der Waals surface area (Å²) in [7, 11) is 1.27. The van der Waals surface area contributed by atoms with Crippen LogP contribution in [0.15, 0.2) is 0 Å². The average Bonchev–Trinajstić information content (AvgIpc) is 2.15. The summed E-state index contributed by atoms with van der Waals surface area (Å²) in [5, 5.41) is 18.1. The van der Waals surface area contributed by atoms with E-state index in [2.05, 4.69) is 4.74 Å². The van der Waals surface area contributed by atoms with Gasteiger partial charge >= 0.3 is 0 Å². The molecule has 6 heteroatoms. The van der Waals surface area contributed by atoms with E-state index in [1.807, 2.05) is 0 Å². The molecule has 1 fully saturated rings. The van der Waals surface area contributed by atoms with E-state index in [1.54, 1.807) is 0 Å². The van der Waals surface area contributed by atoms with Crippen LogP contribution < -0.4 is 5.73 Å². The lowest BCUT2D eigenvalue weighted by Crippen LogP contribution is -2.61. The number of halogens is 1. The molecule has 13 heavy (non-hydrogen) atoms. The molecule has 1 rings (SSSR count). The topological polar surface area (TPSA) is 84.9 Å². The van der Waals surface area contributed by atoms with Gasteiger partial charge in [0.1, 0.15) is 12.2 Å². The van der Waals surface area contributed by atoms with Crippen LogP contribution in [0.1, 0.15) is 0 Å². The van der Waals surface area contributed by atoms with E-state index in [0.29, 0.717) is 0 Å². The van der Waals surface area contributed by atoms with Crippen molar-refractivity contribution in [3.63, 3.8) is 0 Å². The molecule has 0 aromatic carbocycles. The number of ether oxygens (including phenoxy) is 2. The largest absolute Gasteiger partial charge is 0.394 e. The summed E-state index contributed by atoms with van der Waals surface area (Å²) in [6.07, 6.45) is -4.78. The molecule has 0 aromatic rings. The monoisotopic (exact) mass is 195 g/mol. The number of rotatable bonds is 2. The highest BCUT2D eigenvalue weighted by molar-refractivity contribution is 4.91. The Hall–Kier alpha value is -0.270. The number of aliphatic hydroxyl groups is 2. The van der Waals surface area contributed by atoms with Gasteiger partial charge in [-0.2, -0.15) is 0 Å². The predicted molar refractivity (Wildman–Crippen MR) is 41.6 cm³/mol. The molecule has 1 heterocycles. The third kappa shape index (κ3) is 1.97. The van der Waals surface area contributed by atoms with Crippen molar-refractivity contribution in [2.75, 3.05) is 13.7 Å². The fraction of sp³-hybridized carbons (Fsp3) is 1.00. The number of methoxy groups -OCH3 is 1. The summed E-state index contributed by atoms with van der Waals surface area (Å²) in [5.41, 5.74) is 5.36. The summed E-state index contributed by atoms with van der Waals surface area (Å²) in [6.45, 7) is -0.415. The Morgan fingerprint density at radius 1 is 1.62 bits per heavy atom. The molecule has 0 aliphatic carbocycles. The number of aliphatic hydroxyl groups excluding tert-OH is 2. The maximum absolute atomic E-state index is 13.2. The van der Waals surface area contributed by atoms with Crippen molar-refractivity contribution in [1.82, 2.24) is 0 Å². The van der Waals surface area contributed by atoms with Crippen molar-refractivity contribution in [2.24, 2.45) is 5.73 Å². The Morgan fingerprint density at radius 2 is 2.23 bits per heavy atom. The van der Waals surface area contributed by atoms with Gasteiger partial charge in [0.15, 0.2) is 12.5 Å². The highest BCUT2D eigenvalue weighted by atomic mass is 19.1. The molecule has 0 aromatic heterocycles. The van der Waals surface area contributed by atoms with Gasteiger partial charge in [-0.05, 0) is 0 Å². The molecule has 0 unspecified atom stereocenters. The Balaban J connectivity index is 2.66. The first-order valence-electron chi connectivity index (χ1n) is 3.98. The van der Waals surface area contributed by atoms with Crippen LogP contribution in [0.3, 0.4) is 0 Å². The number of hydrogen-bond donors (Lipinski definition) is 3. The quantitative estimate of drug-likeness (QED) is 0.493. The Labute approximate surface area is 75.2 Å². The van der Waals surface area contributed by atoms with Crippen LogP contribution in [-0.4, -0.2) is 54.6 Å². The third-order valence-electron chi connectivity index (χ3n) is 2.12. The zero-order valence-electron chi connectivity index (χ0n) is 7.26. The fourth-order valence-electron chi connectivity index (χ4n) is 1.28. The smallest absolute Gasteiger partial charge is 0.190 e. The molecule has 0 saturated carbocycles. The second-order valence-corrected chi connectivity index (χ2v) is 2.97. The lowest BCUT2D eigenvalue weighted by Gasteiger charge is -2.38. The second kappa shape index (κ2) is 4.30. The van der Waals surface area contributed by atoms with Gasteiger partial charge in [-0.15, -0.1) is 0 Å². The van der Waals surface area contributed by atoms with E-state index in [1.165, 1.54) is 7.11 Å². The Morgan fingerprint density at radius 3 is 2.69 bits per heavy atom. The van der Waals surface area contributed by atoms with Crippen LogP contribution in [0.5, 0.6) is 0 Å². The van der Waals surface area contributed by atoms with Gasteiger partial charge in [-0.3, -0.25) is 0 Å². The van der Waals surface area contributed by atoms with Crippen molar-refractivity contribution in [1.29, 1.82) is 0 Å². The predicted octanol–water partition coefficient (Wildman–Crippen LogP) is -1.62. The zero-order valence-corrected chi connectivity index (χ0v) is 7.26. The molecule has 0 spiro atoms. The van der Waals surface area contributed by atoms with Crippen LogP contribution in [0.2, 0.25) is 0 Å². The first-order chi connectivity index (χ1) is 6.11. The minimum Gasteiger partial charge on any atom is -0.394 e. The van der Waals surface area contributed by atoms with Gasteiger partial charge in [0, 0.05) is 7.11 Å². The number of nitrogens with two attached hydrogens (primary N) is 1. The first kappa shape index (κ1) is 10.8. The van der Waals surface area contributed by atoms with Gasteiger partial charge < -0.3 is 25.4 Å². The molecule has 0 radical (unpaired) electrons. The van der Waals surface area contributed by atoms with Crippen LogP contribution in [0, 0.1) is 0 Å². The minimum atomic E-state index is -1.58. The minimum absolute atomic E-state index is 0.415. The molecule has 0 bridgehead atoms. The summed E-state index contributed by atoms with van der Waals surface area (Å²) in [5.74, 6) is 0. The molecule has 5 atom stereocenters. The molecular weight excluding hydrogens is 181 g/mol. The molecular formula is C7H14FNO4. The van der Waals surface area contributed by atoms with Crippen molar-refractivity contribution >= 4 is 0 Å². The standard InChI is InChI=1S/C7H14FNO4/c1-12-7-4(8)5(9)6(11)3(2-10)13-7/h3-7,10-11H,2,9H2,1H3/t3-,4+,5+,6-,7+/m1/s1. The first-order valence-corrected chi connectivity index (χ1v) is 3.98. The van der Waals surface area contributed by atoms with E-state index in [4.69, 9.17) is 15.6 Å². The lowest BCUT2D eigenvalue weighted by molar-refractivity contribution is -0.253. The van der Waals surface area contributed by atoms with E-state index >= 15 is 0 Å². The molecule has 0 amide bonds. The average molecular weight is 195 g/mol. The van der Waals surface area contributed by atoms with Gasteiger partial charge in [0.2, 0.25) is 0 Å². The molecule has 4 N–H and O–H groups in total. The Bertz CT molecular complexity index is 151. The lowest BCUT2D eigenvalue weighted by atomic mass is 9.98. The van der Waals surface area contributed by atoms with Crippen molar-refractivity contribution in [3.8, 4) is 0 Å². The maximum Gasteiger partial charge on any atom is 0.190 e. The molecule has 78 valence electrons. The van der Waals surface area contributed by atoms with E-state index in [-0.39, 0.29) is 0 Å². The highest BCUT2D eigenvalue weighted by Gasteiger charge is 2.43. The Kier molecular flexibility index (Phi) is 3.57. The summed E-state index contributed by atoms with van der Waals surface area (Å²) >= 11 is 0. The summed E-state index contributed by atoms with van der Waals surface area (Å²) in [6, 6.07) is -1.09. The van der Waals surface area contributed by atoms with Crippen LogP contribution in [0.25, 0.3) is 0 Å². The van der Waals surface area contributed by atoms with Gasteiger partial charge in [0.05, 0.1) is 12.6 Å². The summed E-state index contributed by atoms with van der Waals surface area (Å²) < 4.78 is 22.7. The van der Waals surface area contributed by atoms with E-state index in [0.717, 1.165) is 0 Å². The molecule has 1 aliphatic rings. The molecule has 1 aliphatic heterocycles. The number of alkyl halides is 1. The van der Waals surface area contributed by atoms with Crippen LogP contribution >= 0.6 is 0 Å². The third-order valence-corrected chi connectivity index (χ3v) is 2.12. The SMILES string of the molecule is CO[C@H]1O[C@H](CO)[C@@H](O)[C@@H](N)[C@@H]1F. The molecule has 1 saturated heterocycles.